The standard InChI is InChI=1S/C14H22N2O/c1-13(2,3)11-9-10(7-8-15-11)16-12(17)14(4,5)6/h7-9H,1-6H3,(H,15,16,17). The Morgan fingerprint density at radius 2 is 1.76 bits per heavy atom. The molecule has 0 aliphatic heterocycles. The van der Waals surface area contributed by atoms with Gasteiger partial charge in [-0.3, -0.25) is 9.78 Å². The van der Waals surface area contributed by atoms with Crippen molar-refractivity contribution in [2.75, 3.05) is 5.32 Å². The van der Waals surface area contributed by atoms with E-state index >= 15 is 0 Å². The molecule has 1 heterocycles. The van der Waals surface area contributed by atoms with Gasteiger partial charge >= 0.3 is 0 Å². The van der Waals surface area contributed by atoms with Crippen molar-refractivity contribution in [2.45, 2.75) is 47.0 Å². The van der Waals surface area contributed by atoms with Crippen LogP contribution in [0.15, 0.2) is 18.3 Å². The lowest BCUT2D eigenvalue weighted by Crippen LogP contribution is -2.27. The summed E-state index contributed by atoms with van der Waals surface area (Å²) < 4.78 is 0. The second kappa shape index (κ2) is 4.47. The van der Waals surface area contributed by atoms with Crippen molar-refractivity contribution in [1.29, 1.82) is 0 Å². The highest BCUT2D eigenvalue weighted by molar-refractivity contribution is 5.94. The van der Waals surface area contributed by atoms with Gasteiger partial charge in [0, 0.05) is 28.4 Å². The number of anilines is 1. The van der Waals surface area contributed by atoms with Crippen molar-refractivity contribution in [1.82, 2.24) is 4.98 Å². The van der Waals surface area contributed by atoms with Crippen molar-refractivity contribution in [2.24, 2.45) is 5.41 Å². The van der Waals surface area contributed by atoms with Gasteiger partial charge in [0.25, 0.3) is 0 Å². The highest BCUT2D eigenvalue weighted by Gasteiger charge is 2.22. The van der Waals surface area contributed by atoms with Crippen LogP contribution in [0.5, 0.6) is 0 Å². The van der Waals surface area contributed by atoms with Gasteiger partial charge in [-0.25, -0.2) is 0 Å². The molecular formula is C14H22N2O. The summed E-state index contributed by atoms with van der Waals surface area (Å²) >= 11 is 0. The van der Waals surface area contributed by atoms with Crippen LogP contribution in [-0.2, 0) is 10.2 Å². The quantitative estimate of drug-likeness (QED) is 0.809. The Labute approximate surface area is 104 Å². The van der Waals surface area contributed by atoms with Crippen molar-refractivity contribution in [3.63, 3.8) is 0 Å². The lowest BCUT2D eigenvalue weighted by molar-refractivity contribution is -0.123. The summed E-state index contributed by atoms with van der Waals surface area (Å²) in [6.45, 7) is 12.0. The molecule has 0 spiro atoms. The van der Waals surface area contributed by atoms with Gasteiger partial charge in [0.1, 0.15) is 0 Å². The van der Waals surface area contributed by atoms with Crippen LogP contribution in [0.3, 0.4) is 0 Å². The maximum Gasteiger partial charge on any atom is 0.229 e. The molecule has 0 radical (unpaired) electrons. The Kier molecular flexibility index (Phi) is 3.60. The van der Waals surface area contributed by atoms with Crippen molar-refractivity contribution >= 4 is 11.6 Å². The van der Waals surface area contributed by atoms with Crippen LogP contribution in [-0.4, -0.2) is 10.9 Å². The molecule has 0 aromatic carbocycles. The third-order valence-electron chi connectivity index (χ3n) is 2.47. The highest BCUT2D eigenvalue weighted by Crippen LogP contribution is 2.23. The van der Waals surface area contributed by atoms with Crippen molar-refractivity contribution < 1.29 is 4.79 Å². The first kappa shape index (κ1) is 13.7. The smallest absolute Gasteiger partial charge is 0.229 e. The fourth-order valence-electron chi connectivity index (χ4n) is 1.24. The first-order valence-electron chi connectivity index (χ1n) is 5.89. The summed E-state index contributed by atoms with van der Waals surface area (Å²) in [7, 11) is 0. The molecule has 3 heteroatoms. The van der Waals surface area contributed by atoms with Crippen molar-refractivity contribution in [3.05, 3.63) is 24.0 Å². The van der Waals surface area contributed by atoms with Gasteiger partial charge in [-0.1, -0.05) is 41.5 Å². The molecule has 1 rings (SSSR count). The monoisotopic (exact) mass is 234 g/mol. The first-order chi connectivity index (χ1) is 7.60. The van der Waals surface area contributed by atoms with Crippen LogP contribution in [0.4, 0.5) is 5.69 Å². The Morgan fingerprint density at radius 3 is 2.24 bits per heavy atom. The number of nitrogens with zero attached hydrogens (tertiary/aromatic N) is 1. The van der Waals surface area contributed by atoms with E-state index in [-0.39, 0.29) is 16.7 Å². The molecular weight excluding hydrogens is 212 g/mol. The molecule has 17 heavy (non-hydrogen) atoms. The van der Waals surface area contributed by atoms with Gasteiger partial charge < -0.3 is 5.32 Å². The van der Waals surface area contributed by atoms with Crippen LogP contribution in [0.25, 0.3) is 0 Å². The van der Waals surface area contributed by atoms with E-state index in [0.717, 1.165) is 11.4 Å². The van der Waals surface area contributed by atoms with Crippen LogP contribution >= 0.6 is 0 Å². The zero-order chi connectivity index (χ0) is 13.3. The van der Waals surface area contributed by atoms with Gasteiger partial charge in [0.05, 0.1) is 0 Å². The van der Waals surface area contributed by atoms with Gasteiger partial charge in [-0.2, -0.15) is 0 Å². The minimum Gasteiger partial charge on any atom is -0.326 e. The van der Waals surface area contributed by atoms with E-state index in [0.29, 0.717) is 0 Å². The summed E-state index contributed by atoms with van der Waals surface area (Å²) in [4.78, 5) is 16.2. The Balaban J connectivity index is 2.91. The third-order valence-corrected chi connectivity index (χ3v) is 2.47. The minimum atomic E-state index is -0.384. The largest absolute Gasteiger partial charge is 0.326 e. The SMILES string of the molecule is CC(C)(C)C(=O)Nc1ccnc(C(C)(C)C)c1. The fourth-order valence-corrected chi connectivity index (χ4v) is 1.24. The Hall–Kier alpha value is -1.38. The molecule has 0 aliphatic carbocycles. The average molecular weight is 234 g/mol. The first-order valence-corrected chi connectivity index (χ1v) is 5.89. The summed E-state index contributed by atoms with van der Waals surface area (Å²) in [5.74, 6) is 0.0172. The van der Waals surface area contributed by atoms with Crippen LogP contribution < -0.4 is 5.32 Å². The molecule has 0 atom stereocenters. The number of nitrogens with one attached hydrogen (secondary N) is 1. The molecule has 94 valence electrons. The molecule has 0 saturated heterocycles. The molecule has 1 aromatic heterocycles. The Bertz CT molecular complexity index is 411. The van der Waals surface area contributed by atoms with E-state index in [9.17, 15) is 4.79 Å². The predicted molar refractivity (Wildman–Crippen MR) is 71.0 cm³/mol. The van der Waals surface area contributed by atoms with Crippen molar-refractivity contribution in [3.8, 4) is 0 Å². The third kappa shape index (κ3) is 3.84. The molecule has 1 amide bonds. The lowest BCUT2D eigenvalue weighted by Gasteiger charge is -2.20. The maximum absolute atomic E-state index is 11.9. The van der Waals surface area contributed by atoms with Gasteiger partial charge in [0.2, 0.25) is 5.91 Å². The number of rotatable bonds is 1. The van der Waals surface area contributed by atoms with E-state index in [1.165, 1.54) is 0 Å². The summed E-state index contributed by atoms with van der Waals surface area (Å²) in [6.07, 6.45) is 1.73. The van der Waals surface area contributed by atoms with Gasteiger partial charge in [-0.05, 0) is 12.1 Å². The van der Waals surface area contributed by atoms with E-state index in [4.69, 9.17) is 0 Å². The zero-order valence-electron chi connectivity index (χ0n) is 11.6. The molecule has 1 aromatic rings. The normalized spacial score (nSPS) is 12.4. The molecule has 0 saturated carbocycles. The minimum absolute atomic E-state index is 0.0114. The molecule has 0 aliphatic rings. The van der Waals surface area contributed by atoms with E-state index in [1.54, 1.807) is 6.20 Å². The predicted octanol–water partition coefficient (Wildman–Crippen LogP) is 3.36. The zero-order valence-corrected chi connectivity index (χ0v) is 11.6. The number of pyridine rings is 1. The van der Waals surface area contributed by atoms with E-state index in [2.05, 4.69) is 31.1 Å². The highest BCUT2D eigenvalue weighted by atomic mass is 16.2. The number of carbonyl (C=O) groups excluding carboxylic acids is 1. The molecule has 3 nitrogen and oxygen atoms in total. The second-order valence-electron chi connectivity index (χ2n) is 6.38. The van der Waals surface area contributed by atoms with E-state index < -0.39 is 0 Å². The summed E-state index contributed by atoms with van der Waals surface area (Å²) in [5.41, 5.74) is 1.39. The molecule has 0 fully saturated rings. The van der Waals surface area contributed by atoms with Gasteiger partial charge in [0.15, 0.2) is 0 Å². The number of hydrogen-bond acceptors (Lipinski definition) is 2. The van der Waals surface area contributed by atoms with Gasteiger partial charge in [-0.15, -0.1) is 0 Å². The van der Waals surface area contributed by atoms with Crippen LogP contribution in [0, 0.1) is 5.41 Å². The molecule has 0 unspecified atom stereocenters. The summed E-state index contributed by atoms with van der Waals surface area (Å²) in [6, 6.07) is 3.75. The van der Waals surface area contributed by atoms with Crippen LogP contribution in [0.2, 0.25) is 0 Å². The maximum atomic E-state index is 11.9. The van der Waals surface area contributed by atoms with Crippen LogP contribution in [0.1, 0.15) is 47.2 Å². The molecule has 0 bridgehead atoms. The number of aromatic nitrogens is 1. The average Bonchev–Trinajstić information content (AvgIpc) is 2.15. The number of carbonyl (C=O) groups is 1. The number of hydrogen-bond donors (Lipinski definition) is 1. The lowest BCUT2D eigenvalue weighted by atomic mass is 9.91. The topological polar surface area (TPSA) is 42.0 Å². The summed E-state index contributed by atoms with van der Waals surface area (Å²) in [5, 5.41) is 2.92. The van der Waals surface area contributed by atoms with E-state index in [1.807, 2.05) is 32.9 Å². The fraction of sp³-hybridized carbons (Fsp3) is 0.571. The Morgan fingerprint density at radius 1 is 1.18 bits per heavy atom. The number of amides is 1. The second-order valence-corrected chi connectivity index (χ2v) is 6.38. The molecule has 1 N–H and O–H groups in total.